The Kier molecular flexibility index (Phi) is 4.78. The first-order valence-corrected chi connectivity index (χ1v) is 7.72. The molecule has 0 saturated carbocycles. The number of nitrogens with one attached hydrogen (secondary N) is 1. The molecule has 0 spiro atoms. The zero-order chi connectivity index (χ0) is 16.8. The van der Waals surface area contributed by atoms with Crippen molar-refractivity contribution in [2.24, 2.45) is 5.10 Å². The van der Waals surface area contributed by atoms with Crippen LogP contribution in [0.4, 0.5) is 5.95 Å². The van der Waals surface area contributed by atoms with Gasteiger partial charge in [-0.1, -0.05) is 30.2 Å². The Morgan fingerprint density at radius 2 is 2.17 bits per heavy atom. The van der Waals surface area contributed by atoms with Crippen LogP contribution in [0, 0.1) is 12.3 Å². The molecule has 1 heterocycles. The number of hydrazone groups is 1. The molecule has 5 nitrogen and oxygen atoms in total. The molecule has 0 radical (unpaired) electrons. The van der Waals surface area contributed by atoms with Crippen molar-refractivity contribution in [1.29, 1.82) is 0 Å². The Morgan fingerprint density at radius 3 is 3.00 bits per heavy atom. The molecule has 0 saturated heterocycles. The second kappa shape index (κ2) is 7.34. The first-order valence-electron chi connectivity index (χ1n) is 7.72. The maximum absolute atomic E-state index is 5.40. The number of hydrogen-bond acceptors (Lipinski definition) is 4. The Morgan fingerprint density at radius 1 is 1.29 bits per heavy atom. The van der Waals surface area contributed by atoms with Crippen LogP contribution in [-0.4, -0.2) is 22.4 Å². The van der Waals surface area contributed by atoms with Crippen molar-refractivity contribution in [1.82, 2.24) is 9.55 Å². The van der Waals surface area contributed by atoms with Crippen molar-refractivity contribution in [3.05, 3.63) is 54.1 Å². The molecule has 1 N–H and O–H groups in total. The van der Waals surface area contributed by atoms with Gasteiger partial charge in [-0.05, 0) is 36.8 Å². The van der Waals surface area contributed by atoms with E-state index >= 15 is 0 Å². The minimum Gasteiger partial charge on any atom is -0.481 e. The van der Waals surface area contributed by atoms with Crippen molar-refractivity contribution < 1.29 is 4.74 Å². The van der Waals surface area contributed by atoms with Gasteiger partial charge in [0.2, 0.25) is 5.95 Å². The third-order valence-electron chi connectivity index (χ3n) is 3.53. The van der Waals surface area contributed by atoms with Crippen LogP contribution >= 0.6 is 0 Å². The highest BCUT2D eigenvalue weighted by molar-refractivity contribution is 5.81. The van der Waals surface area contributed by atoms with Crippen LogP contribution in [0.2, 0.25) is 0 Å². The van der Waals surface area contributed by atoms with Crippen LogP contribution in [-0.2, 0) is 6.54 Å². The van der Waals surface area contributed by atoms with E-state index in [1.54, 1.807) is 6.21 Å². The van der Waals surface area contributed by atoms with Gasteiger partial charge in [-0.25, -0.2) is 10.4 Å². The second-order valence-corrected chi connectivity index (χ2v) is 5.10. The highest BCUT2D eigenvalue weighted by Crippen LogP contribution is 2.19. The standard InChI is InChI=1S/C19H18N4O/c1-3-12-24-16-9-7-8-15(13-16)14-20-22-19-21-17-10-5-6-11-18(17)23(19)4-2/h1,5-11,13-14H,4,12H2,2H3,(H,21,22)/b20-14-. The van der Waals surface area contributed by atoms with Gasteiger partial charge in [0.25, 0.3) is 0 Å². The number of aromatic nitrogens is 2. The van der Waals surface area contributed by atoms with Gasteiger partial charge >= 0.3 is 0 Å². The number of rotatable bonds is 6. The Balaban J connectivity index is 1.76. The lowest BCUT2D eigenvalue weighted by Crippen LogP contribution is -2.02. The summed E-state index contributed by atoms with van der Waals surface area (Å²) in [5.41, 5.74) is 5.96. The molecule has 0 atom stereocenters. The number of terminal acetylenes is 1. The Bertz CT molecular complexity index is 905. The molecule has 1 aromatic heterocycles. The molecule has 0 aliphatic rings. The second-order valence-electron chi connectivity index (χ2n) is 5.10. The summed E-state index contributed by atoms with van der Waals surface area (Å²) >= 11 is 0. The summed E-state index contributed by atoms with van der Waals surface area (Å²) < 4.78 is 7.48. The number of ether oxygens (including phenoxy) is 1. The van der Waals surface area contributed by atoms with E-state index in [2.05, 4.69) is 32.9 Å². The van der Waals surface area contributed by atoms with Crippen molar-refractivity contribution in [3.63, 3.8) is 0 Å². The Hall–Kier alpha value is -3.26. The van der Waals surface area contributed by atoms with Gasteiger partial charge in [-0.2, -0.15) is 5.10 Å². The number of aryl methyl sites for hydroxylation is 1. The highest BCUT2D eigenvalue weighted by atomic mass is 16.5. The molecule has 2 aromatic carbocycles. The van der Waals surface area contributed by atoms with E-state index in [0.717, 1.165) is 34.8 Å². The fourth-order valence-electron chi connectivity index (χ4n) is 2.46. The molecule has 24 heavy (non-hydrogen) atoms. The minimum atomic E-state index is 0.249. The number of fused-ring (bicyclic) bond motifs is 1. The van der Waals surface area contributed by atoms with Crippen LogP contribution in [0.5, 0.6) is 5.75 Å². The van der Waals surface area contributed by atoms with E-state index in [4.69, 9.17) is 11.2 Å². The van der Waals surface area contributed by atoms with Gasteiger partial charge in [0, 0.05) is 6.54 Å². The molecule has 0 bridgehead atoms. The summed E-state index contributed by atoms with van der Waals surface area (Å²) in [7, 11) is 0. The summed E-state index contributed by atoms with van der Waals surface area (Å²) in [4.78, 5) is 4.56. The fraction of sp³-hybridized carbons (Fsp3) is 0.158. The van der Waals surface area contributed by atoms with Gasteiger partial charge < -0.3 is 9.30 Å². The number of hydrogen-bond donors (Lipinski definition) is 1. The predicted molar refractivity (Wildman–Crippen MR) is 97.4 cm³/mol. The smallest absolute Gasteiger partial charge is 0.224 e. The van der Waals surface area contributed by atoms with E-state index in [1.165, 1.54) is 0 Å². The van der Waals surface area contributed by atoms with Crippen LogP contribution in [0.3, 0.4) is 0 Å². The van der Waals surface area contributed by atoms with Crippen LogP contribution in [0.25, 0.3) is 11.0 Å². The van der Waals surface area contributed by atoms with E-state index < -0.39 is 0 Å². The summed E-state index contributed by atoms with van der Waals surface area (Å²) in [6, 6.07) is 15.6. The average molecular weight is 318 g/mol. The molecule has 3 aromatic rings. The van der Waals surface area contributed by atoms with E-state index in [-0.39, 0.29) is 6.61 Å². The van der Waals surface area contributed by atoms with E-state index in [0.29, 0.717) is 0 Å². The number of anilines is 1. The molecular formula is C19H18N4O. The molecule has 0 unspecified atom stereocenters. The number of para-hydroxylation sites is 2. The summed E-state index contributed by atoms with van der Waals surface area (Å²) in [5, 5.41) is 4.28. The maximum atomic E-state index is 5.40. The quantitative estimate of drug-likeness (QED) is 0.430. The number of imidazole rings is 1. The summed E-state index contributed by atoms with van der Waals surface area (Å²) in [6.07, 6.45) is 6.92. The SMILES string of the molecule is C#CCOc1cccc(/C=N\Nc2nc3ccccc3n2CC)c1. The van der Waals surface area contributed by atoms with Crippen molar-refractivity contribution in [2.45, 2.75) is 13.5 Å². The van der Waals surface area contributed by atoms with E-state index in [9.17, 15) is 0 Å². The lowest BCUT2D eigenvalue weighted by molar-refractivity contribution is 0.370. The van der Waals surface area contributed by atoms with Crippen LogP contribution in [0.1, 0.15) is 12.5 Å². The molecule has 120 valence electrons. The van der Waals surface area contributed by atoms with E-state index in [1.807, 2.05) is 48.5 Å². The maximum Gasteiger partial charge on any atom is 0.224 e. The highest BCUT2D eigenvalue weighted by Gasteiger charge is 2.07. The monoisotopic (exact) mass is 318 g/mol. The van der Waals surface area contributed by atoms with Gasteiger partial charge in [-0.15, -0.1) is 6.42 Å². The fourth-order valence-corrected chi connectivity index (χ4v) is 2.46. The first kappa shape index (κ1) is 15.6. The first-order chi connectivity index (χ1) is 11.8. The van der Waals surface area contributed by atoms with Crippen molar-refractivity contribution >= 4 is 23.2 Å². The third-order valence-corrected chi connectivity index (χ3v) is 3.53. The summed E-state index contributed by atoms with van der Waals surface area (Å²) in [5.74, 6) is 3.88. The number of nitrogens with zero attached hydrogens (tertiary/aromatic N) is 3. The van der Waals surface area contributed by atoms with Crippen molar-refractivity contribution in [3.8, 4) is 18.1 Å². The Labute approximate surface area is 141 Å². The van der Waals surface area contributed by atoms with Crippen molar-refractivity contribution in [2.75, 3.05) is 12.0 Å². The molecule has 5 heteroatoms. The van der Waals surface area contributed by atoms with Gasteiger partial charge in [0.15, 0.2) is 0 Å². The van der Waals surface area contributed by atoms with Gasteiger partial charge in [0.05, 0.1) is 17.2 Å². The zero-order valence-corrected chi connectivity index (χ0v) is 13.4. The zero-order valence-electron chi connectivity index (χ0n) is 13.4. The summed E-state index contributed by atoms with van der Waals surface area (Å²) in [6.45, 7) is 3.14. The molecule has 3 rings (SSSR count). The molecule has 0 fully saturated rings. The third kappa shape index (κ3) is 3.39. The molecule has 0 aliphatic heterocycles. The largest absolute Gasteiger partial charge is 0.481 e. The van der Waals surface area contributed by atoms with Gasteiger partial charge in [0.1, 0.15) is 12.4 Å². The predicted octanol–water partition coefficient (Wildman–Crippen LogP) is 3.51. The lowest BCUT2D eigenvalue weighted by Gasteiger charge is -2.05. The van der Waals surface area contributed by atoms with Crippen LogP contribution < -0.4 is 10.2 Å². The average Bonchev–Trinajstić information content (AvgIpc) is 2.97. The minimum absolute atomic E-state index is 0.249. The molecule has 0 aliphatic carbocycles. The van der Waals surface area contributed by atoms with Gasteiger partial charge in [-0.3, -0.25) is 0 Å². The topological polar surface area (TPSA) is 51.4 Å². The lowest BCUT2D eigenvalue weighted by atomic mass is 10.2. The normalized spacial score (nSPS) is 10.8. The van der Waals surface area contributed by atoms with Crippen LogP contribution in [0.15, 0.2) is 53.6 Å². The molecule has 0 amide bonds. The molecular weight excluding hydrogens is 300 g/mol. The number of benzene rings is 2.